The summed E-state index contributed by atoms with van der Waals surface area (Å²) in [4.78, 5) is 51.9. The lowest BCUT2D eigenvalue weighted by Gasteiger charge is -2.32. The third kappa shape index (κ3) is 4.40. The number of nitrogens with two attached hydrogens (primary N) is 1. The van der Waals surface area contributed by atoms with Gasteiger partial charge in [-0.2, -0.15) is 5.01 Å². The molecule has 0 spiro atoms. The lowest BCUT2D eigenvalue weighted by atomic mass is 9.89. The van der Waals surface area contributed by atoms with Crippen LogP contribution in [0, 0.1) is 5.41 Å². The van der Waals surface area contributed by atoms with E-state index in [1.54, 1.807) is 31.2 Å². The summed E-state index contributed by atoms with van der Waals surface area (Å²) in [5.41, 5.74) is 5.74. The average Bonchev–Trinajstić information content (AvgIpc) is 2.96. The maximum Gasteiger partial charge on any atom is 0.347 e. The molecule has 2 aromatic rings. The number of nitrogens with one attached hydrogen (secondary N) is 1. The number of rotatable bonds is 8. The summed E-state index contributed by atoms with van der Waals surface area (Å²) in [6, 6.07) is 14.7. The second-order valence-electron chi connectivity index (χ2n) is 7.82. The van der Waals surface area contributed by atoms with Crippen molar-refractivity contribution in [2.45, 2.75) is 32.4 Å². The van der Waals surface area contributed by atoms with E-state index in [2.05, 4.69) is 0 Å². The number of urea groups is 1. The Bertz CT molecular complexity index is 1100. The fourth-order valence-electron chi connectivity index (χ4n) is 3.77. The molecule has 1 saturated heterocycles. The molecule has 1 aliphatic rings. The minimum atomic E-state index is -1.49. The Morgan fingerprint density at radius 3 is 2.21 bits per heavy atom. The van der Waals surface area contributed by atoms with Crippen LogP contribution in [-0.4, -0.2) is 56.2 Å². The number of carboxylic acids is 1. The van der Waals surface area contributed by atoms with Gasteiger partial charge in [-0.05, 0) is 18.1 Å². The number of hydrogen-bond donors (Lipinski definition) is 3. The highest BCUT2D eigenvalue weighted by Gasteiger charge is 2.57. The van der Waals surface area contributed by atoms with Crippen LogP contribution in [0.5, 0.6) is 0 Å². The molecule has 172 valence electrons. The fraction of sp³-hybridized carbons (Fsp3) is 0.261. The Morgan fingerprint density at radius 1 is 1.09 bits per heavy atom. The summed E-state index contributed by atoms with van der Waals surface area (Å²) < 4.78 is 0. The molecule has 3 rings (SSSR count). The number of hydrogen-bond acceptors (Lipinski definition) is 5. The number of aliphatic carboxylic acids is 1. The van der Waals surface area contributed by atoms with Gasteiger partial charge in [-0.15, -0.1) is 0 Å². The van der Waals surface area contributed by atoms with Crippen molar-refractivity contribution in [3.8, 4) is 0 Å². The van der Waals surface area contributed by atoms with Gasteiger partial charge in [0.05, 0.1) is 13.0 Å². The van der Waals surface area contributed by atoms with Crippen LogP contribution in [-0.2, 0) is 26.5 Å². The van der Waals surface area contributed by atoms with Gasteiger partial charge in [-0.3, -0.25) is 24.7 Å². The number of benzene rings is 2. The number of amidine groups is 1. The second kappa shape index (κ2) is 9.11. The number of carbonyl (C=O) groups excluding carboxylic acids is 3. The van der Waals surface area contributed by atoms with Gasteiger partial charge >= 0.3 is 12.0 Å². The molecule has 0 bridgehead atoms. The number of nitrogen functional groups attached to an aromatic ring is 1. The van der Waals surface area contributed by atoms with E-state index in [0.717, 1.165) is 15.6 Å². The first-order chi connectivity index (χ1) is 15.6. The molecule has 1 atom stereocenters. The van der Waals surface area contributed by atoms with Crippen molar-refractivity contribution in [2.75, 3.05) is 6.54 Å². The quantitative estimate of drug-likeness (QED) is 0.317. The van der Waals surface area contributed by atoms with Crippen molar-refractivity contribution in [3.05, 3.63) is 71.3 Å². The summed E-state index contributed by atoms with van der Waals surface area (Å²) in [7, 11) is 0. The average molecular weight is 451 g/mol. The van der Waals surface area contributed by atoms with E-state index in [0.29, 0.717) is 11.1 Å². The standard InChI is InChI=1S/C23H25N5O5/c1-15(29)27(13-12-19(30)31)28-21(32)23(2,18-10-8-17(9-11-18)20(24)25)26(22(28)33)14-16-6-4-3-5-7-16/h3-11H,12-14H2,1-2H3,(H3,24,25)(H,30,31). The number of nitrogens with zero attached hydrogens (tertiary/aromatic N) is 3. The lowest BCUT2D eigenvalue weighted by molar-refractivity contribution is -0.157. The highest BCUT2D eigenvalue weighted by Crippen LogP contribution is 2.39. The third-order valence-electron chi connectivity index (χ3n) is 5.64. The Hall–Kier alpha value is -4.21. The lowest BCUT2D eigenvalue weighted by Crippen LogP contribution is -2.51. The predicted molar refractivity (Wildman–Crippen MR) is 119 cm³/mol. The van der Waals surface area contributed by atoms with E-state index in [1.165, 1.54) is 11.8 Å². The molecule has 1 heterocycles. The molecule has 10 nitrogen and oxygen atoms in total. The van der Waals surface area contributed by atoms with E-state index in [9.17, 15) is 19.2 Å². The molecule has 2 aromatic carbocycles. The van der Waals surface area contributed by atoms with Crippen LogP contribution in [0.1, 0.15) is 37.0 Å². The molecule has 33 heavy (non-hydrogen) atoms. The molecule has 1 unspecified atom stereocenters. The van der Waals surface area contributed by atoms with Crippen molar-refractivity contribution >= 4 is 29.7 Å². The Labute approximate surface area is 190 Å². The monoisotopic (exact) mass is 451 g/mol. The van der Waals surface area contributed by atoms with Gasteiger partial charge in [-0.25, -0.2) is 9.80 Å². The van der Waals surface area contributed by atoms with E-state index >= 15 is 0 Å². The number of amides is 4. The van der Waals surface area contributed by atoms with Crippen molar-refractivity contribution in [3.63, 3.8) is 0 Å². The van der Waals surface area contributed by atoms with Gasteiger partial charge < -0.3 is 10.8 Å². The molecule has 0 aromatic heterocycles. The molecule has 4 N–H and O–H groups in total. The van der Waals surface area contributed by atoms with E-state index in [4.69, 9.17) is 16.2 Å². The van der Waals surface area contributed by atoms with Gasteiger partial charge in [0, 0.05) is 19.0 Å². The van der Waals surface area contributed by atoms with Crippen LogP contribution < -0.4 is 5.73 Å². The zero-order chi connectivity index (χ0) is 24.3. The fourth-order valence-corrected chi connectivity index (χ4v) is 3.77. The molecule has 0 radical (unpaired) electrons. The highest BCUT2D eigenvalue weighted by atomic mass is 16.4. The molecule has 10 heteroatoms. The smallest absolute Gasteiger partial charge is 0.347 e. The number of carboxylic acid groups (broad SMARTS) is 1. The normalized spacial score (nSPS) is 17.9. The van der Waals surface area contributed by atoms with Gasteiger partial charge in [-0.1, -0.05) is 54.6 Å². The molecule has 0 aliphatic carbocycles. The zero-order valence-electron chi connectivity index (χ0n) is 18.3. The first-order valence-corrected chi connectivity index (χ1v) is 10.2. The molecule has 1 fully saturated rings. The van der Waals surface area contributed by atoms with E-state index < -0.39 is 35.8 Å². The minimum absolute atomic E-state index is 0.0809. The number of carbonyl (C=O) groups is 4. The minimum Gasteiger partial charge on any atom is -0.481 e. The Morgan fingerprint density at radius 2 is 1.70 bits per heavy atom. The predicted octanol–water partition coefficient (Wildman–Crippen LogP) is 1.89. The van der Waals surface area contributed by atoms with Gasteiger partial charge in [0.15, 0.2) is 0 Å². The number of imide groups is 1. The first kappa shape index (κ1) is 23.5. The van der Waals surface area contributed by atoms with E-state index in [1.807, 2.05) is 30.3 Å². The van der Waals surface area contributed by atoms with E-state index in [-0.39, 0.29) is 18.9 Å². The van der Waals surface area contributed by atoms with Gasteiger partial charge in [0.1, 0.15) is 11.4 Å². The zero-order valence-corrected chi connectivity index (χ0v) is 18.3. The highest BCUT2D eigenvalue weighted by molar-refractivity contribution is 6.08. The van der Waals surface area contributed by atoms with Crippen molar-refractivity contribution in [2.24, 2.45) is 5.73 Å². The van der Waals surface area contributed by atoms with Crippen LogP contribution in [0.25, 0.3) is 0 Å². The van der Waals surface area contributed by atoms with Crippen LogP contribution in [0.2, 0.25) is 0 Å². The molecular weight excluding hydrogens is 426 g/mol. The first-order valence-electron chi connectivity index (χ1n) is 10.2. The van der Waals surface area contributed by atoms with Crippen molar-refractivity contribution in [1.29, 1.82) is 5.41 Å². The largest absolute Gasteiger partial charge is 0.481 e. The van der Waals surface area contributed by atoms with Crippen LogP contribution in [0.15, 0.2) is 54.6 Å². The van der Waals surface area contributed by atoms with Crippen LogP contribution in [0.4, 0.5) is 4.79 Å². The molecule has 4 amide bonds. The topological polar surface area (TPSA) is 148 Å². The second-order valence-corrected chi connectivity index (χ2v) is 7.82. The van der Waals surface area contributed by atoms with Gasteiger partial charge in [0.25, 0.3) is 5.91 Å². The maximum absolute atomic E-state index is 13.7. The molecular formula is C23H25N5O5. The summed E-state index contributed by atoms with van der Waals surface area (Å²) in [6.07, 6.45) is -0.431. The Kier molecular flexibility index (Phi) is 6.47. The SMILES string of the molecule is CC(=O)N(CCC(=O)O)N1C(=O)N(Cc2ccccc2)C(C)(c2ccc(C(=N)N)cc2)C1=O. The maximum atomic E-state index is 13.7. The van der Waals surface area contributed by atoms with Crippen LogP contribution in [0.3, 0.4) is 0 Å². The van der Waals surface area contributed by atoms with Crippen LogP contribution >= 0.6 is 0 Å². The third-order valence-corrected chi connectivity index (χ3v) is 5.64. The number of hydrazine groups is 1. The summed E-state index contributed by atoms with van der Waals surface area (Å²) >= 11 is 0. The summed E-state index contributed by atoms with van der Waals surface area (Å²) in [5, 5.41) is 18.2. The van der Waals surface area contributed by atoms with Gasteiger partial charge in [0.2, 0.25) is 5.91 Å². The summed E-state index contributed by atoms with van der Waals surface area (Å²) in [5.74, 6) is -2.61. The van der Waals surface area contributed by atoms with Crippen molar-refractivity contribution in [1.82, 2.24) is 14.9 Å². The van der Waals surface area contributed by atoms with Crippen molar-refractivity contribution < 1.29 is 24.3 Å². The Balaban J connectivity index is 2.09. The summed E-state index contributed by atoms with van der Waals surface area (Å²) in [6.45, 7) is 2.49. The molecule has 0 saturated carbocycles. The molecule has 1 aliphatic heterocycles.